The van der Waals surface area contributed by atoms with Crippen molar-refractivity contribution in [1.82, 2.24) is 4.98 Å². The maximum Gasteiger partial charge on any atom is 0.274 e. The van der Waals surface area contributed by atoms with Crippen LogP contribution in [0.5, 0.6) is 0 Å². The molecule has 2 rings (SSSR count). The van der Waals surface area contributed by atoms with Crippen LogP contribution in [0.15, 0.2) is 36.4 Å². The van der Waals surface area contributed by atoms with Crippen molar-refractivity contribution in [3.05, 3.63) is 53.2 Å². The summed E-state index contributed by atoms with van der Waals surface area (Å²) in [5.41, 5.74) is 5.79. The van der Waals surface area contributed by atoms with Crippen LogP contribution in [-0.2, 0) is 0 Å². The molecule has 1 amide bonds. The Bertz CT molecular complexity index is 610. The number of nitrogens with two attached hydrogens (primary N) is 1. The molecule has 2 aromatic rings. The van der Waals surface area contributed by atoms with E-state index in [2.05, 4.69) is 15.7 Å². The summed E-state index contributed by atoms with van der Waals surface area (Å²) in [6.45, 7) is 4.03. The molecule has 0 spiro atoms. The van der Waals surface area contributed by atoms with Crippen molar-refractivity contribution >= 4 is 17.4 Å². The summed E-state index contributed by atoms with van der Waals surface area (Å²) in [6, 6.07) is 10.8. The van der Waals surface area contributed by atoms with Gasteiger partial charge in [0.05, 0.1) is 0 Å². The minimum atomic E-state index is -0.264. The molecule has 5 heteroatoms. The molecule has 0 aliphatic carbocycles. The third-order valence-electron chi connectivity index (χ3n) is 2.89. The van der Waals surface area contributed by atoms with Gasteiger partial charge in [-0.25, -0.2) is 10.8 Å². The van der Waals surface area contributed by atoms with Gasteiger partial charge in [-0.3, -0.25) is 4.79 Å². The van der Waals surface area contributed by atoms with Gasteiger partial charge in [-0.15, -0.1) is 0 Å². The van der Waals surface area contributed by atoms with E-state index in [1.54, 1.807) is 18.2 Å². The second-order valence-electron chi connectivity index (χ2n) is 4.31. The fourth-order valence-electron chi connectivity index (χ4n) is 1.66. The van der Waals surface area contributed by atoms with Crippen LogP contribution in [0.4, 0.5) is 11.5 Å². The molecule has 1 heterocycles. The molecule has 0 fully saturated rings. The molecule has 0 bridgehead atoms. The Morgan fingerprint density at radius 1 is 1.16 bits per heavy atom. The number of nitrogens with one attached hydrogen (secondary N) is 2. The van der Waals surface area contributed by atoms with Crippen LogP contribution < -0.4 is 16.6 Å². The highest BCUT2D eigenvalue weighted by atomic mass is 16.1. The van der Waals surface area contributed by atoms with E-state index < -0.39 is 0 Å². The van der Waals surface area contributed by atoms with E-state index in [0.29, 0.717) is 11.5 Å². The number of pyridine rings is 1. The number of nitrogen functional groups attached to an aromatic ring is 1. The molecular weight excluding hydrogens is 240 g/mol. The minimum absolute atomic E-state index is 0.264. The molecule has 19 heavy (non-hydrogen) atoms. The molecule has 0 radical (unpaired) electrons. The van der Waals surface area contributed by atoms with Crippen LogP contribution in [0, 0.1) is 13.8 Å². The zero-order chi connectivity index (χ0) is 13.8. The van der Waals surface area contributed by atoms with Crippen molar-refractivity contribution in [2.75, 3.05) is 10.7 Å². The summed E-state index contributed by atoms with van der Waals surface area (Å²) in [5.74, 6) is 5.45. The first kappa shape index (κ1) is 13.0. The lowest BCUT2D eigenvalue weighted by molar-refractivity contribution is 0.102. The number of rotatable bonds is 3. The van der Waals surface area contributed by atoms with E-state index in [1.807, 2.05) is 32.0 Å². The van der Waals surface area contributed by atoms with Crippen LogP contribution in [-0.4, -0.2) is 10.9 Å². The van der Waals surface area contributed by atoms with Crippen LogP contribution in [0.1, 0.15) is 21.6 Å². The number of nitrogens with zero attached hydrogens (tertiary/aromatic N) is 1. The number of carbonyl (C=O) groups is 1. The van der Waals surface area contributed by atoms with Crippen molar-refractivity contribution in [1.29, 1.82) is 0 Å². The van der Waals surface area contributed by atoms with Gasteiger partial charge in [-0.1, -0.05) is 12.1 Å². The van der Waals surface area contributed by atoms with Gasteiger partial charge in [0.15, 0.2) is 0 Å². The van der Waals surface area contributed by atoms with Gasteiger partial charge < -0.3 is 10.7 Å². The molecule has 0 unspecified atom stereocenters. The number of hydrazine groups is 1. The summed E-state index contributed by atoms with van der Waals surface area (Å²) in [5, 5.41) is 2.81. The van der Waals surface area contributed by atoms with Gasteiger partial charge in [0, 0.05) is 5.69 Å². The zero-order valence-corrected chi connectivity index (χ0v) is 10.9. The quantitative estimate of drug-likeness (QED) is 0.581. The third kappa shape index (κ3) is 3.08. The van der Waals surface area contributed by atoms with E-state index >= 15 is 0 Å². The largest absolute Gasteiger partial charge is 0.321 e. The van der Waals surface area contributed by atoms with Gasteiger partial charge in [-0.2, -0.15) is 0 Å². The third-order valence-corrected chi connectivity index (χ3v) is 2.89. The molecule has 4 N–H and O–H groups in total. The summed E-state index contributed by atoms with van der Waals surface area (Å²) >= 11 is 0. The second kappa shape index (κ2) is 5.49. The number of aryl methyl sites for hydroxylation is 2. The Balaban J connectivity index is 2.18. The number of aromatic nitrogens is 1. The monoisotopic (exact) mass is 256 g/mol. The van der Waals surface area contributed by atoms with Gasteiger partial charge in [-0.05, 0) is 49.2 Å². The molecule has 0 atom stereocenters. The van der Waals surface area contributed by atoms with Crippen LogP contribution in [0.25, 0.3) is 0 Å². The number of hydrogen-bond acceptors (Lipinski definition) is 4. The Morgan fingerprint density at radius 2 is 1.95 bits per heavy atom. The SMILES string of the molecule is Cc1ccc(NC(=O)c2cccc(NN)n2)cc1C. The zero-order valence-electron chi connectivity index (χ0n) is 10.9. The first-order chi connectivity index (χ1) is 9.10. The predicted molar refractivity (Wildman–Crippen MR) is 75.9 cm³/mol. The Kier molecular flexibility index (Phi) is 3.77. The number of carbonyl (C=O) groups excluding carboxylic acids is 1. The smallest absolute Gasteiger partial charge is 0.274 e. The minimum Gasteiger partial charge on any atom is -0.321 e. The maximum absolute atomic E-state index is 12.0. The molecule has 5 nitrogen and oxygen atoms in total. The summed E-state index contributed by atoms with van der Waals surface area (Å²) in [6.07, 6.45) is 0. The molecule has 0 aliphatic heterocycles. The number of benzene rings is 1. The second-order valence-corrected chi connectivity index (χ2v) is 4.31. The predicted octanol–water partition coefficient (Wildman–Crippen LogP) is 2.24. The Labute approximate surface area is 111 Å². The maximum atomic E-state index is 12.0. The van der Waals surface area contributed by atoms with Crippen molar-refractivity contribution in [2.45, 2.75) is 13.8 Å². The number of anilines is 2. The first-order valence-electron chi connectivity index (χ1n) is 5.92. The van der Waals surface area contributed by atoms with Crippen molar-refractivity contribution in [3.8, 4) is 0 Å². The lowest BCUT2D eigenvalue weighted by atomic mass is 10.1. The summed E-state index contributed by atoms with van der Waals surface area (Å²) in [7, 11) is 0. The molecular formula is C14H16N4O. The molecule has 0 saturated heterocycles. The van der Waals surface area contributed by atoms with Gasteiger partial charge in [0.25, 0.3) is 5.91 Å². The van der Waals surface area contributed by atoms with Crippen molar-refractivity contribution < 1.29 is 4.79 Å². The van der Waals surface area contributed by atoms with Crippen molar-refractivity contribution in [3.63, 3.8) is 0 Å². The topological polar surface area (TPSA) is 80.0 Å². The first-order valence-corrected chi connectivity index (χ1v) is 5.92. The lowest BCUT2D eigenvalue weighted by Crippen LogP contribution is -2.16. The van der Waals surface area contributed by atoms with Crippen molar-refractivity contribution in [2.24, 2.45) is 5.84 Å². The van der Waals surface area contributed by atoms with Crippen LogP contribution in [0.3, 0.4) is 0 Å². The van der Waals surface area contributed by atoms with Gasteiger partial charge >= 0.3 is 0 Å². The molecule has 0 saturated carbocycles. The number of amides is 1. The van der Waals surface area contributed by atoms with E-state index in [9.17, 15) is 4.79 Å². The fourth-order valence-corrected chi connectivity index (χ4v) is 1.66. The van der Waals surface area contributed by atoms with Gasteiger partial charge in [0.1, 0.15) is 11.5 Å². The Morgan fingerprint density at radius 3 is 2.63 bits per heavy atom. The normalized spacial score (nSPS) is 10.1. The van der Waals surface area contributed by atoms with E-state index in [4.69, 9.17) is 5.84 Å². The molecule has 1 aromatic carbocycles. The molecule has 98 valence electrons. The van der Waals surface area contributed by atoms with Crippen LogP contribution in [0.2, 0.25) is 0 Å². The van der Waals surface area contributed by atoms with E-state index in [1.165, 1.54) is 5.56 Å². The highest BCUT2D eigenvalue weighted by molar-refractivity contribution is 6.03. The van der Waals surface area contributed by atoms with E-state index in [0.717, 1.165) is 11.3 Å². The number of hydrogen-bond donors (Lipinski definition) is 3. The standard InChI is InChI=1S/C14H16N4O/c1-9-6-7-11(8-10(9)2)16-14(19)12-4-3-5-13(17-12)18-15/h3-8H,15H2,1-2H3,(H,16,19)(H,17,18). The molecule has 1 aromatic heterocycles. The summed E-state index contributed by atoms with van der Waals surface area (Å²) < 4.78 is 0. The van der Waals surface area contributed by atoms with E-state index in [-0.39, 0.29) is 5.91 Å². The average Bonchev–Trinajstić information content (AvgIpc) is 2.43. The summed E-state index contributed by atoms with van der Waals surface area (Å²) in [4.78, 5) is 16.1. The lowest BCUT2D eigenvalue weighted by Gasteiger charge is -2.08. The highest BCUT2D eigenvalue weighted by Crippen LogP contribution is 2.15. The van der Waals surface area contributed by atoms with Crippen LogP contribution >= 0.6 is 0 Å². The molecule has 0 aliphatic rings. The highest BCUT2D eigenvalue weighted by Gasteiger charge is 2.08. The van der Waals surface area contributed by atoms with Gasteiger partial charge in [0.2, 0.25) is 0 Å². The average molecular weight is 256 g/mol. The Hall–Kier alpha value is -2.40. The fraction of sp³-hybridized carbons (Fsp3) is 0.143.